The molecule has 1 amide bonds. The van der Waals surface area contributed by atoms with Crippen LogP contribution in [0.2, 0.25) is 0 Å². The molecule has 0 spiro atoms. The van der Waals surface area contributed by atoms with Gasteiger partial charge in [0, 0.05) is 31.0 Å². The number of nitrogens with zero attached hydrogens (tertiary/aromatic N) is 6. The van der Waals surface area contributed by atoms with E-state index in [9.17, 15) is 10.1 Å². The van der Waals surface area contributed by atoms with Crippen molar-refractivity contribution in [3.8, 4) is 17.5 Å². The summed E-state index contributed by atoms with van der Waals surface area (Å²) in [5.74, 6) is 1.04. The van der Waals surface area contributed by atoms with Crippen LogP contribution in [0.15, 0.2) is 29.7 Å². The van der Waals surface area contributed by atoms with Crippen LogP contribution in [0.4, 0.5) is 0 Å². The Bertz CT molecular complexity index is 880. The number of aromatic nitrogens is 4. The number of carbonyl (C=O) groups excluding carboxylic acids is 1. The highest BCUT2D eigenvalue weighted by Crippen LogP contribution is 2.41. The molecular formula is C20H24N6OS. The molecule has 0 bridgehead atoms. The second-order valence-electron chi connectivity index (χ2n) is 7.59. The maximum atomic E-state index is 12.8. The third-order valence-electron chi connectivity index (χ3n) is 5.73. The highest BCUT2D eigenvalue weighted by molar-refractivity contribution is 7.99. The lowest BCUT2D eigenvalue weighted by molar-refractivity contribution is -0.131. The second kappa shape index (κ2) is 7.92. The molecule has 0 aliphatic heterocycles. The van der Waals surface area contributed by atoms with Crippen molar-refractivity contribution in [2.45, 2.75) is 61.7 Å². The minimum absolute atomic E-state index is 0.0262. The van der Waals surface area contributed by atoms with Crippen LogP contribution < -0.4 is 0 Å². The molecular weight excluding hydrogens is 372 g/mol. The van der Waals surface area contributed by atoms with Gasteiger partial charge in [-0.25, -0.2) is 0 Å². The van der Waals surface area contributed by atoms with Gasteiger partial charge >= 0.3 is 0 Å². The lowest BCUT2D eigenvalue weighted by Gasteiger charge is -2.39. The SMILES string of the molecule is CN(C(=O)CSc1nnc(-c2cccnc2)n1C1CC1)C1(C#N)CCCCC1. The van der Waals surface area contributed by atoms with Crippen LogP contribution in [-0.2, 0) is 4.79 Å². The van der Waals surface area contributed by atoms with Gasteiger partial charge in [0.1, 0.15) is 5.54 Å². The topological polar surface area (TPSA) is 87.7 Å². The Balaban J connectivity index is 1.49. The molecule has 0 atom stereocenters. The van der Waals surface area contributed by atoms with E-state index in [1.807, 2.05) is 12.1 Å². The van der Waals surface area contributed by atoms with E-state index in [1.165, 1.54) is 11.8 Å². The maximum Gasteiger partial charge on any atom is 0.234 e. The highest BCUT2D eigenvalue weighted by Gasteiger charge is 2.39. The molecule has 2 aromatic rings. The van der Waals surface area contributed by atoms with Gasteiger partial charge in [-0.05, 0) is 37.8 Å². The molecule has 0 unspecified atom stereocenters. The minimum atomic E-state index is -0.652. The monoisotopic (exact) mass is 396 g/mol. The van der Waals surface area contributed by atoms with Gasteiger partial charge in [-0.1, -0.05) is 31.0 Å². The van der Waals surface area contributed by atoms with Crippen molar-refractivity contribution in [2.75, 3.05) is 12.8 Å². The van der Waals surface area contributed by atoms with E-state index in [2.05, 4.69) is 25.8 Å². The first-order chi connectivity index (χ1) is 13.6. The van der Waals surface area contributed by atoms with Gasteiger partial charge in [0.2, 0.25) is 5.91 Å². The summed E-state index contributed by atoms with van der Waals surface area (Å²) >= 11 is 1.41. The Morgan fingerprint density at radius 2 is 2.14 bits per heavy atom. The lowest BCUT2D eigenvalue weighted by atomic mass is 9.81. The first-order valence-corrected chi connectivity index (χ1v) is 10.8. The van der Waals surface area contributed by atoms with E-state index in [0.29, 0.717) is 6.04 Å². The number of thioether (sulfide) groups is 1. The number of hydrogen-bond donors (Lipinski definition) is 0. The average molecular weight is 397 g/mol. The van der Waals surface area contributed by atoms with Crippen LogP contribution in [0.25, 0.3) is 11.4 Å². The Hall–Kier alpha value is -2.40. The number of nitriles is 1. The lowest BCUT2D eigenvalue weighted by Crippen LogP contribution is -2.50. The molecule has 0 aromatic carbocycles. The summed E-state index contributed by atoms with van der Waals surface area (Å²) < 4.78 is 2.13. The summed E-state index contributed by atoms with van der Waals surface area (Å²) in [6, 6.07) is 6.67. The maximum absolute atomic E-state index is 12.8. The molecule has 2 aliphatic carbocycles. The van der Waals surface area contributed by atoms with Crippen molar-refractivity contribution in [2.24, 2.45) is 0 Å². The van der Waals surface area contributed by atoms with E-state index in [0.717, 1.165) is 61.5 Å². The first-order valence-electron chi connectivity index (χ1n) is 9.81. The van der Waals surface area contributed by atoms with Gasteiger partial charge in [0.05, 0.1) is 11.8 Å². The van der Waals surface area contributed by atoms with Crippen molar-refractivity contribution in [1.82, 2.24) is 24.6 Å². The van der Waals surface area contributed by atoms with Crippen molar-refractivity contribution in [3.05, 3.63) is 24.5 Å². The normalized spacial score (nSPS) is 18.4. The Morgan fingerprint density at radius 3 is 2.79 bits per heavy atom. The zero-order valence-corrected chi connectivity index (χ0v) is 16.9. The average Bonchev–Trinajstić information content (AvgIpc) is 3.51. The van der Waals surface area contributed by atoms with Crippen LogP contribution in [0.3, 0.4) is 0 Å². The zero-order chi connectivity index (χ0) is 19.6. The Kier molecular flexibility index (Phi) is 5.36. The van der Waals surface area contributed by atoms with E-state index in [4.69, 9.17) is 0 Å². The van der Waals surface area contributed by atoms with E-state index in [1.54, 1.807) is 24.3 Å². The molecule has 2 fully saturated rings. The standard InChI is InChI=1S/C20H24N6OS/c1-25(20(14-21)9-3-2-4-10-20)17(27)13-28-19-24-23-18(26(19)16-7-8-16)15-6-5-11-22-12-15/h5-6,11-12,16H,2-4,7-10,13H2,1H3. The van der Waals surface area contributed by atoms with Crippen LogP contribution in [-0.4, -0.2) is 48.9 Å². The van der Waals surface area contributed by atoms with Gasteiger partial charge in [-0.15, -0.1) is 10.2 Å². The number of pyridine rings is 1. The van der Waals surface area contributed by atoms with Gasteiger partial charge in [-0.2, -0.15) is 5.26 Å². The summed E-state index contributed by atoms with van der Waals surface area (Å²) in [6.45, 7) is 0. The minimum Gasteiger partial charge on any atom is -0.326 e. The number of hydrogen-bond acceptors (Lipinski definition) is 6. The summed E-state index contributed by atoms with van der Waals surface area (Å²) in [4.78, 5) is 18.7. The largest absolute Gasteiger partial charge is 0.326 e. The third kappa shape index (κ3) is 3.63. The predicted octanol–water partition coefficient (Wildman–Crippen LogP) is 3.45. The van der Waals surface area contributed by atoms with Gasteiger partial charge < -0.3 is 4.90 Å². The van der Waals surface area contributed by atoms with Crippen LogP contribution in [0.5, 0.6) is 0 Å². The summed E-state index contributed by atoms with van der Waals surface area (Å²) in [5, 5.41) is 19.2. The molecule has 7 nitrogen and oxygen atoms in total. The van der Waals surface area contributed by atoms with Crippen LogP contribution in [0, 0.1) is 11.3 Å². The number of amides is 1. The number of carbonyl (C=O) groups is 1. The van der Waals surface area contributed by atoms with E-state index in [-0.39, 0.29) is 11.7 Å². The molecule has 2 heterocycles. The van der Waals surface area contributed by atoms with Crippen molar-refractivity contribution >= 4 is 17.7 Å². The molecule has 2 aromatic heterocycles. The predicted molar refractivity (Wildman–Crippen MR) is 106 cm³/mol. The highest BCUT2D eigenvalue weighted by atomic mass is 32.2. The fourth-order valence-corrected chi connectivity index (χ4v) is 4.77. The van der Waals surface area contributed by atoms with E-state index < -0.39 is 5.54 Å². The summed E-state index contributed by atoms with van der Waals surface area (Å²) in [7, 11) is 1.77. The molecule has 28 heavy (non-hydrogen) atoms. The molecule has 2 aliphatic rings. The first kappa shape index (κ1) is 18.9. The molecule has 0 saturated heterocycles. The Morgan fingerprint density at radius 1 is 1.36 bits per heavy atom. The Labute approximate surface area is 169 Å². The zero-order valence-electron chi connectivity index (χ0n) is 16.0. The van der Waals surface area contributed by atoms with Gasteiger partial charge in [0.15, 0.2) is 11.0 Å². The second-order valence-corrected chi connectivity index (χ2v) is 8.54. The van der Waals surface area contributed by atoms with Crippen molar-refractivity contribution < 1.29 is 4.79 Å². The fourth-order valence-electron chi connectivity index (χ4n) is 3.85. The summed E-state index contributed by atoms with van der Waals surface area (Å²) in [5.41, 5.74) is 0.281. The molecule has 0 radical (unpaired) electrons. The van der Waals surface area contributed by atoms with Crippen molar-refractivity contribution in [3.63, 3.8) is 0 Å². The third-order valence-corrected chi connectivity index (χ3v) is 6.65. The van der Waals surface area contributed by atoms with Crippen LogP contribution in [0.1, 0.15) is 51.0 Å². The smallest absolute Gasteiger partial charge is 0.234 e. The molecule has 8 heteroatoms. The molecule has 2 saturated carbocycles. The van der Waals surface area contributed by atoms with Gasteiger partial charge in [-0.3, -0.25) is 14.3 Å². The molecule has 4 rings (SSSR count). The number of rotatable bonds is 6. The van der Waals surface area contributed by atoms with Crippen molar-refractivity contribution in [1.29, 1.82) is 5.26 Å². The van der Waals surface area contributed by atoms with E-state index >= 15 is 0 Å². The summed E-state index contributed by atoms with van der Waals surface area (Å²) in [6.07, 6.45) is 10.4. The molecule has 0 N–H and O–H groups in total. The quantitative estimate of drug-likeness (QED) is 0.695. The fraction of sp³-hybridized carbons (Fsp3) is 0.550. The molecule has 146 valence electrons. The van der Waals surface area contributed by atoms with Crippen LogP contribution >= 0.6 is 11.8 Å². The van der Waals surface area contributed by atoms with Gasteiger partial charge in [0.25, 0.3) is 0 Å².